The van der Waals surface area contributed by atoms with Crippen LogP contribution in [-0.2, 0) is 19.6 Å². The minimum atomic E-state index is -3.66. The summed E-state index contributed by atoms with van der Waals surface area (Å²) in [6.45, 7) is 4.65. The van der Waals surface area contributed by atoms with Gasteiger partial charge in [-0.1, -0.05) is 0 Å². The summed E-state index contributed by atoms with van der Waals surface area (Å²) in [5.41, 5.74) is -0.151. The minimum Gasteiger partial charge on any atom is -0.478 e. The van der Waals surface area contributed by atoms with Crippen LogP contribution < -0.4 is 9.46 Å². The molecule has 144 valence electrons. The first-order chi connectivity index (χ1) is 12.2. The second-order valence-corrected chi connectivity index (χ2v) is 7.72. The second-order valence-electron chi connectivity index (χ2n) is 5.87. The molecule has 0 aromatic heterocycles. The summed E-state index contributed by atoms with van der Waals surface area (Å²) in [4.78, 5) is 24.4. The molecule has 2 rings (SSSR count). The Kier molecular flexibility index (Phi) is 6.95. The Labute approximate surface area is 151 Å². The Bertz CT molecular complexity index is 758. The molecule has 0 radical (unpaired) electrons. The third-order valence-electron chi connectivity index (χ3n) is 3.68. The van der Waals surface area contributed by atoms with Crippen molar-refractivity contribution in [3.8, 4) is 5.75 Å². The van der Waals surface area contributed by atoms with Gasteiger partial charge in [-0.15, -0.1) is 0 Å². The summed E-state index contributed by atoms with van der Waals surface area (Å²) in [6.07, 6.45) is 0.435. The van der Waals surface area contributed by atoms with Crippen LogP contribution in [0.3, 0.4) is 0 Å². The number of esters is 1. The molecule has 2 N–H and O–H groups in total. The number of carboxylic acids is 1. The summed E-state index contributed by atoms with van der Waals surface area (Å²) in [5.74, 6) is -2.04. The number of nitrogens with zero attached hydrogens (tertiary/aromatic N) is 1. The molecule has 0 spiro atoms. The number of nitrogens with one attached hydrogen (secondary N) is 1. The molecule has 0 unspecified atom stereocenters. The molecule has 1 aliphatic rings. The number of hydrogen-bond acceptors (Lipinski definition) is 7. The molecule has 0 aliphatic carbocycles. The van der Waals surface area contributed by atoms with Gasteiger partial charge in [0.1, 0.15) is 5.75 Å². The van der Waals surface area contributed by atoms with Crippen molar-refractivity contribution in [3.63, 3.8) is 0 Å². The van der Waals surface area contributed by atoms with Crippen LogP contribution in [0, 0.1) is 0 Å². The van der Waals surface area contributed by atoms with Crippen molar-refractivity contribution in [2.45, 2.75) is 13.3 Å². The molecule has 10 heteroatoms. The highest BCUT2D eigenvalue weighted by molar-refractivity contribution is 7.92. The molecule has 1 saturated heterocycles. The van der Waals surface area contributed by atoms with E-state index in [0.717, 1.165) is 19.2 Å². The number of morpholine rings is 1. The summed E-state index contributed by atoms with van der Waals surface area (Å²) in [7, 11) is -3.66. The van der Waals surface area contributed by atoms with Crippen LogP contribution in [0.1, 0.15) is 23.7 Å². The maximum absolute atomic E-state index is 12.2. The largest absolute Gasteiger partial charge is 0.478 e. The van der Waals surface area contributed by atoms with E-state index < -0.39 is 22.0 Å². The first-order valence-corrected chi connectivity index (χ1v) is 9.78. The molecular weight excluding hydrogens is 364 g/mol. The minimum absolute atomic E-state index is 0.0347. The van der Waals surface area contributed by atoms with Crippen molar-refractivity contribution >= 4 is 27.6 Å². The number of benzene rings is 1. The van der Waals surface area contributed by atoms with Gasteiger partial charge in [-0.3, -0.25) is 14.4 Å². The Morgan fingerprint density at radius 3 is 2.58 bits per heavy atom. The Morgan fingerprint density at radius 1 is 1.27 bits per heavy atom. The Hall–Kier alpha value is -2.17. The van der Waals surface area contributed by atoms with Gasteiger partial charge in [-0.2, -0.15) is 0 Å². The molecule has 0 saturated carbocycles. The number of carbonyl (C=O) groups is 2. The van der Waals surface area contributed by atoms with E-state index in [9.17, 15) is 18.0 Å². The summed E-state index contributed by atoms with van der Waals surface area (Å²) in [5, 5.41) is 9.12. The summed E-state index contributed by atoms with van der Waals surface area (Å²) >= 11 is 0. The van der Waals surface area contributed by atoms with Gasteiger partial charge in [-0.25, -0.2) is 13.2 Å². The molecule has 0 amide bonds. The topological polar surface area (TPSA) is 122 Å². The quantitative estimate of drug-likeness (QED) is 0.496. The van der Waals surface area contributed by atoms with Crippen molar-refractivity contribution in [3.05, 3.63) is 23.8 Å². The van der Waals surface area contributed by atoms with Gasteiger partial charge in [0.25, 0.3) is 0 Å². The SMILES string of the molecule is CC(=O)Oc1cc(NS(=O)(=O)CCCN2CCOCC2)cc(C(=O)O)c1. The molecule has 9 nitrogen and oxygen atoms in total. The monoisotopic (exact) mass is 386 g/mol. The van der Waals surface area contributed by atoms with E-state index in [1.807, 2.05) is 0 Å². The highest BCUT2D eigenvalue weighted by atomic mass is 32.2. The fourth-order valence-corrected chi connectivity index (χ4v) is 3.63. The molecule has 0 bridgehead atoms. The predicted octanol–water partition coefficient (Wildman–Crippen LogP) is 0.774. The van der Waals surface area contributed by atoms with Gasteiger partial charge in [0.2, 0.25) is 10.0 Å². The number of aromatic carboxylic acids is 1. The highest BCUT2D eigenvalue weighted by Gasteiger charge is 2.16. The van der Waals surface area contributed by atoms with Crippen LogP contribution in [0.2, 0.25) is 0 Å². The lowest BCUT2D eigenvalue weighted by Crippen LogP contribution is -2.37. The molecule has 26 heavy (non-hydrogen) atoms. The maximum atomic E-state index is 12.2. The number of sulfonamides is 1. The normalized spacial score (nSPS) is 15.4. The van der Waals surface area contributed by atoms with Crippen LogP contribution in [0.15, 0.2) is 18.2 Å². The van der Waals surface area contributed by atoms with E-state index in [2.05, 4.69) is 9.62 Å². The summed E-state index contributed by atoms with van der Waals surface area (Å²) in [6, 6.07) is 3.60. The lowest BCUT2D eigenvalue weighted by atomic mass is 10.2. The number of rotatable bonds is 8. The van der Waals surface area contributed by atoms with Gasteiger partial charge >= 0.3 is 11.9 Å². The molecule has 0 atom stereocenters. The first-order valence-electron chi connectivity index (χ1n) is 8.12. The molecule has 1 fully saturated rings. The summed E-state index contributed by atoms with van der Waals surface area (Å²) < 4.78 is 36.9. The van der Waals surface area contributed by atoms with E-state index >= 15 is 0 Å². The van der Waals surface area contributed by atoms with Crippen molar-refractivity contribution in [2.24, 2.45) is 0 Å². The zero-order chi connectivity index (χ0) is 19.2. The molecular formula is C16H22N2O7S. The molecule has 1 aromatic carbocycles. The van der Waals surface area contributed by atoms with Crippen molar-refractivity contribution in [1.82, 2.24) is 4.90 Å². The average Bonchev–Trinajstić information content (AvgIpc) is 2.54. The van der Waals surface area contributed by atoms with Gasteiger partial charge in [0.05, 0.1) is 30.2 Å². The molecule has 1 heterocycles. The van der Waals surface area contributed by atoms with Gasteiger partial charge in [-0.05, 0) is 25.1 Å². The number of carbonyl (C=O) groups excluding carboxylic acids is 1. The van der Waals surface area contributed by atoms with Crippen LogP contribution in [0.25, 0.3) is 0 Å². The van der Waals surface area contributed by atoms with Crippen molar-refractivity contribution in [2.75, 3.05) is 43.3 Å². The van der Waals surface area contributed by atoms with E-state index in [1.54, 1.807) is 0 Å². The van der Waals surface area contributed by atoms with Crippen LogP contribution >= 0.6 is 0 Å². The van der Waals surface area contributed by atoms with Crippen LogP contribution in [0.5, 0.6) is 5.75 Å². The second kappa shape index (κ2) is 8.97. The van der Waals surface area contributed by atoms with E-state index in [0.29, 0.717) is 26.2 Å². The first kappa shape index (κ1) is 20.1. The van der Waals surface area contributed by atoms with E-state index in [1.165, 1.54) is 19.1 Å². The number of anilines is 1. The lowest BCUT2D eigenvalue weighted by Gasteiger charge is -2.26. The van der Waals surface area contributed by atoms with E-state index in [4.69, 9.17) is 14.6 Å². The molecule has 1 aliphatic heterocycles. The zero-order valence-corrected chi connectivity index (χ0v) is 15.3. The number of ether oxygens (including phenoxy) is 2. The van der Waals surface area contributed by atoms with Gasteiger partial charge < -0.3 is 14.6 Å². The van der Waals surface area contributed by atoms with Crippen molar-refractivity contribution in [1.29, 1.82) is 0 Å². The van der Waals surface area contributed by atoms with Gasteiger partial charge in [0.15, 0.2) is 0 Å². The van der Waals surface area contributed by atoms with Gasteiger partial charge in [0, 0.05) is 26.1 Å². The maximum Gasteiger partial charge on any atom is 0.335 e. The van der Waals surface area contributed by atoms with Crippen molar-refractivity contribution < 1.29 is 32.6 Å². The fourth-order valence-electron chi connectivity index (χ4n) is 2.54. The smallest absolute Gasteiger partial charge is 0.335 e. The fraction of sp³-hybridized carbons (Fsp3) is 0.500. The zero-order valence-electron chi connectivity index (χ0n) is 14.4. The van der Waals surface area contributed by atoms with Crippen LogP contribution in [-0.4, -0.2) is 69.0 Å². The lowest BCUT2D eigenvalue weighted by molar-refractivity contribution is -0.131. The third kappa shape index (κ3) is 6.62. The number of carboxylic acid groups (broad SMARTS) is 1. The standard InChI is InChI=1S/C16H22N2O7S/c1-12(19)25-15-10-13(16(20)21)9-14(11-15)17-26(22,23)8-2-3-18-4-6-24-7-5-18/h9-11,17H,2-8H2,1H3,(H,20,21). The predicted molar refractivity (Wildman–Crippen MR) is 94.0 cm³/mol. The number of hydrogen-bond donors (Lipinski definition) is 2. The molecule has 1 aromatic rings. The van der Waals surface area contributed by atoms with Crippen LogP contribution in [0.4, 0.5) is 5.69 Å². The highest BCUT2D eigenvalue weighted by Crippen LogP contribution is 2.22. The Morgan fingerprint density at radius 2 is 1.96 bits per heavy atom. The third-order valence-corrected chi connectivity index (χ3v) is 5.05. The average molecular weight is 386 g/mol. The Balaban J connectivity index is 2.01. The van der Waals surface area contributed by atoms with E-state index in [-0.39, 0.29) is 22.8 Å².